The molecule has 6 amide bonds. The van der Waals surface area contributed by atoms with Crippen LogP contribution in [0.2, 0.25) is 0 Å². The van der Waals surface area contributed by atoms with E-state index in [2.05, 4.69) is 31.0 Å². The highest BCUT2D eigenvalue weighted by molar-refractivity contribution is 7.92. The van der Waals surface area contributed by atoms with Crippen molar-refractivity contribution in [3.8, 4) is 22.3 Å². The number of fused-ring (bicyclic) bond motifs is 2. The van der Waals surface area contributed by atoms with E-state index < -0.39 is 45.5 Å². The highest BCUT2D eigenvalue weighted by atomic mass is 32.2. The summed E-state index contributed by atoms with van der Waals surface area (Å²) in [5.41, 5.74) is 10.8. The molecule has 3 aliphatic rings. The van der Waals surface area contributed by atoms with Gasteiger partial charge in [-0.3, -0.25) is 43.7 Å². The lowest BCUT2D eigenvalue weighted by atomic mass is 9.94. The number of nitrogens with one attached hydrogen (secondary N) is 5. The first kappa shape index (κ1) is 53.6. The van der Waals surface area contributed by atoms with E-state index in [1.807, 2.05) is 6.07 Å². The molecule has 0 bridgehead atoms. The Bertz CT molecular complexity index is 3070. The number of imide groups is 2. The molecule has 4 heterocycles. The van der Waals surface area contributed by atoms with Crippen LogP contribution in [0.1, 0.15) is 55.9 Å². The standard InChI is InChI=1S/C52H55FN8O13S/c53-42-30-37(9-11-38(42)34-29-41(48(54)57-31-34)32-4-10-39-33(28-32)14-16-56-49(39)64)75(68,69)60-36-7-5-35(6-8-36)58-46(63)15-18-70-20-22-72-24-26-74-27-25-73-23-21-71-19-17-55-43-3-1-2-40-47(43)52(67)61(51(40)66)44-12-13-45(62)59-50(44)65/h1-11,28-31,44,55,60H,12-27H2,(H2,54,57)(H,56,64)(H,58,63)(H,59,62,65). The molecule has 0 spiro atoms. The summed E-state index contributed by atoms with van der Waals surface area (Å²) in [6.07, 6.45) is 2.25. The maximum Gasteiger partial charge on any atom is 0.264 e. The van der Waals surface area contributed by atoms with Crippen molar-refractivity contribution in [1.82, 2.24) is 20.5 Å². The zero-order valence-corrected chi connectivity index (χ0v) is 41.4. The Balaban J connectivity index is 0.641. The van der Waals surface area contributed by atoms with Crippen LogP contribution in [-0.4, -0.2) is 139 Å². The molecule has 4 aromatic carbocycles. The molecular weight excluding hydrogens is 996 g/mol. The van der Waals surface area contributed by atoms with Crippen molar-refractivity contribution < 1.29 is 65.3 Å². The topological polar surface area (TPSA) is 285 Å². The van der Waals surface area contributed by atoms with Gasteiger partial charge in [-0.25, -0.2) is 17.8 Å². The average Bonchev–Trinajstić information content (AvgIpc) is 3.65. The first-order chi connectivity index (χ1) is 36.3. The van der Waals surface area contributed by atoms with Gasteiger partial charge in [0.05, 0.1) is 88.5 Å². The molecule has 394 valence electrons. The summed E-state index contributed by atoms with van der Waals surface area (Å²) < 4.78 is 72.2. The molecule has 75 heavy (non-hydrogen) atoms. The van der Waals surface area contributed by atoms with Gasteiger partial charge < -0.3 is 45.4 Å². The number of amides is 6. The summed E-state index contributed by atoms with van der Waals surface area (Å²) in [7, 11) is -4.20. The van der Waals surface area contributed by atoms with E-state index in [9.17, 15) is 37.2 Å². The lowest BCUT2D eigenvalue weighted by molar-refractivity contribution is -0.136. The maximum absolute atomic E-state index is 15.6. The van der Waals surface area contributed by atoms with Crippen LogP contribution >= 0.6 is 0 Å². The minimum atomic E-state index is -4.20. The summed E-state index contributed by atoms with van der Waals surface area (Å²) in [5.74, 6) is -3.30. The third-order valence-corrected chi connectivity index (χ3v) is 13.6. The molecule has 8 rings (SSSR count). The van der Waals surface area contributed by atoms with Gasteiger partial charge in [-0.05, 0) is 84.6 Å². The quantitative estimate of drug-likeness (QED) is 0.0335. The number of pyridine rings is 1. The molecule has 0 saturated carbocycles. The van der Waals surface area contributed by atoms with Gasteiger partial charge in [-0.1, -0.05) is 24.3 Å². The molecule has 0 aliphatic carbocycles. The van der Waals surface area contributed by atoms with Gasteiger partial charge in [0, 0.05) is 65.0 Å². The van der Waals surface area contributed by atoms with Gasteiger partial charge in [-0.15, -0.1) is 0 Å². The highest BCUT2D eigenvalue weighted by Crippen LogP contribution is 2.35. The predicted molar refractivity (Wildman–Crippen MR) is 272 cm³/mol. The van der Waals surface area contributed by atoms with Crippen LogP contribution in [0.3, 0.4) is 0 Å². The fourth-order valence-electron chi connectivity index (χ4n) is 8.47. The number of hydrogen-bond donors (Lipinski definition) is 6. The Labute approximate surface area is 431 Å². The van der Waals surface area contributed by atoms with E-state index in [4.69, 9.17) is 29.4 Å². The first-order valence-electron chi connectivity index (χ1n) is 24.1. The molecular formula is C52H55FN8O13S. The molecule has 5 aromatic rings. The van der Waals surface area contributed by atoms with Gasteiger partial charge >= 0.3 is 0 Å². The molecule has 1 fully saturated rings. The van der Waals surface area contributed by atoms with Crippen LogP contribution in [0.4, 0.5) is 27.3 Å². The Kier molecular flexibility index (Phi) is 17.9. The highest BCUT2D eigenvalue weighted by Gasteiger charge is 2.45. The number of sulfonamides is 1. The summed E-state index contributed by atoms with van der Waals surface area (Å²) in [6, 6.07) is 20.4. The van der Waals surface area contributed by atoms with E-state index >= 15 is 4.39 Å². The Morgan fingerprint density at radius 2 is 1.39 bits per heavy atom. The summed E-state index contributed by atoms with van der Waals surface area (Å²) in [4.78, 5) is 79.7. The number of nitrogens with two attached hydrogens (primary N) is 1. The SMILES string of the molecule is Nc1ncc(-c2ccc(S(=O)(=O)Nc3ccc(NC(=O)CCOCCOCCOCCOCCOCCNc4cccc5c4C(=O)N(C4CCC(=O)NC4=O)C5=O)cc3)cc2F)cc1-c1ccc2c(c1)CCNC2=O. The third kappa shape index (κ3) is 13.6. The van der Waals surface area contributed by atoms with Gasteiger partial charge in [0.25, 0.3) is 27.7 Å². The summed E-state index contributed by atoms with van der Waals surface area (Å²) in [5, 5.41) is 10.8. The largest absolute Gasteiger partial charge is 0.383 e. The van der Waals surface area contributed by atoms with Crippen LogP contribution in [0, 0.1) is 5.82 Å². The van der Waals surface area contributed by atoms with Crippen molar-refractivity contribution >= 4 is 68.3 Å². The smallest absolute Gasteiger partial charge is 0.264 e. The van der Waals surface area contributed by atoms with E-state index in [1.165, 1.54) is 48.7 Å². The fraction of sp³-hybridized carbons (Fsp3) is 0.327. The molecule has 3 aliphatic heterocycles. The van der Waals surface area contributed by atoms with Crippen LogP contribution < -0.4 is 31.7 Å². The minimum absolute atomic E-state index is 0.0418. The number of halogens is 1. The Hall–Kier alpha value is -7.67. The maximum atomic E-state index is 15.6. The van der Waals surface area contributed by atoms with Crippen molar-refractivity contribution in [1.29, 1.82) is 0 Å². The number of anilines is 4. The number of hydrogen-bond acceptors (Lipinski definition) is 16. The number of rotatable bonds is 26. The molecule has 1 aromatic heterocycles. The predicted octanol–water partition coefficient (Wildman–Crippen LogP) is 4.15. The molecule has 7 N–H and O–H groups in total. The molecule has 1 saturated heterocycles. The van der Waals surface area contributed by atoms with Crippen molar-refractivity contribution in [3.05, 3.63) is 119 Å². The second-order valence-corrected chi connectivity index (χ2v) is 19.0. The number of carbonyl (C=O) groups excluding carboxylic acids is 6. The number of ether oxygens (including phenoxy) is 5. The number of nitrogen functional groups attached to an aromatic ring is 1. The van der Waals surface area contributed by atoms with E-state index in [-0.39, 0.29) is 77.4 Å². The molecule has 1 unspecified atom stereocenters. The summed E-state index contributed by atoms with van der Waals surface area (Å²) in [6.45, 7) is 3.89. The Morgan fingerprint density at radius 1 is 0.720 bits per heavy atom. The molecule has 1 atom stereocenters. The lowest BCUT2D eigenvalue weighted by Gasteiger charge is -2.27. The van der Waals surface area contributed by atoms with Gasteiger partial charge in [0.1, 0.15) is 17.7 Å². The normalized spacial score (nSPS) is 15.3. The minimum Gasteiger partial charge on any atom is -0.383 e. The third-order valence-electron chi connectivity index (χ3n) is 12.2. The summed E-state index contributed by atoms with van der Waals surface area (Å²) >= 11 is 0. The van der Waals surface area contributed by atoms with Gasteiger partial charge in [0.15, 0.2) is 0 Å². The monoisotopic (exact) mass is 1050 g/mol. The number of benzene rings is 4. The van der Waals surface area contributed by atoms with Crippen molar-refractivity contribution in [2.75, 3.05) is 100 Å². The first-order valence-corrected chi connectivity index (χ1v) is 25.6. The fourth-order valence-corrected chi connectivity index (χ4v) is 9.54. The van der Waals surface area contributed by atoms with Gasteiger partial charge in [0.2, 0.25) is 17.7 Å². The number of nitrogens with zero attached hydrogens (tertiary/aromatic N) is 2. The zero-order chi connectivity index (χ0) is 52.9. The molecule has 23 heteroatoms. The second-order valence-electron chi connectivity index (χ2n) is 17.3. The molecule has 0 radical (unpaired) electrons. The van der Waals surface area contributed by atoms with Crippen molar-refractivity contribution in [2.24, 2.45) is 0 Å². The lowest BCUT2D eigenvalue weighted by Crippen LogP contribution is -2.54. The van der Waals surface area contributed by atoms with Crippen molar-refractivity contribution in [3.63, 3.8) is 0 Å². The van der Waals surface area contributed by atoms with E-state index in [0.29, 0.717) is 106 Å². The number of piperidine rings is 1. The van der Waals surface area contributed by atoms with E-state index in [0.717, 1.165) is 16.5 Å². The van der Waals surface area contributed by atoms with Crippen LogP contribution in [-0.2, 0) is 54.5 Å². The number of carbonyl (C=O) groups is 6. The van der Waals surface area contributed by atoms with E-state index in [1.54, 1.807) is 30.3 Å². The zero-order valence-electron chi connectivity index (χ0n) is 40.6. The van der Waals surface area contributed by atoms with Gasteiger partial charge in [-0.2, -0.15) is 0 Å². The van der Waals surface area contributed by atoms with Crippen LogP contribution in [0.5, 0.6) is 0 Å². The van der Waals surface area contributed by atoms with Crippen molar-refractivity contribution in [2.45, 2.75) is 36.6 Å². The average molecular weight is 1050 g/mol. The molecule has 21 nitrogen and oxygen atoms in total. The van der Waals surface area contributed by atoms with Crippen LogP contribution in [0.15, 0.2) is 96.0 Å². The van der Waals surface area contributed by atoms with Crippen LogP contribution in [0.25, 0.3) is 22.3 Å². The number of aromatic nitrogens is 1. The Morgan fingerprint density at radius 3 is 2.08 bits per heavy atom. The second kappa shape index (κ2) is 25.0.